The number of halogens is 1. The molecule has 3 aromatic rings. The smallest absolute Gasteiger partial charge is 0.326 e. The lowest BCUT2D eigenvalue weighted by molar-refractivity contribution is 0.311. The minimum atomic E-state index is -0.397. The lowest BCUT2D eigenvalue weighted by atomic mass is 10.1. The van der Waals surface area contributed by atoms with Gasteiger partial charge in [0.2, 0.25) is 0 Å². The van der Waals surface area contributed by atoms with Gasteiger partial charge < -0.3 is 19.0 Å². The van der Waals surface area contributed by atoms with Crippen molar-refractivity contribution in [3.8, 4) is 11.8 Å². The van der Waals surface area contributed by atoms with E-state index in [2.05, 4.69) is 37.1 Å². The van der Waals surface area contributed by atoms with Gasteiger partial charge in [0, 0.05) is 37.8 Å². The van der Waals surface area contributed by atoms with Crippen LogP contribution in [0.1, 0.15) is 23.8 Å². The van der Waals surface area contributed by atoms with Crippen molar-refractivity contribution in [3.05, 3.63) is 52.7 Å². The first kappa shape index (κ1) is 20.4. The zero-order valence-electron chi connectivity index (χ0n) is 18.4. The molecule has 1 aliphatic carbocycles. The van der Waals surface area contributed by atoms with Gasteiger partial charge in [-0.3, -0.25) is 5.32 Å². The Labute approximate surface area is 185 Å². The van der Waals surface area contributed by atoms with Gasteiger partial charge in [0.15, 0.2) is 11.6 Å². The monoisotopic (exact) mass is 436 g/mol. The maximum absolute atomic E-state index is 15.1. The van der Waals surface area contributed by atoms with Gasteiger partial charge in [0.05, 0.1) is 6.20 Å². The zero-order valence-corrected chi connectivity index (χ0v) is 18.4. The molecule has 0 spiro atoms. The number of benzene rings is 1. The van der Waals surface area contributed by atoms with Crippen LogP contribution >= 0.6 is 0 Å². The molecule has 0 saturated carbocycles. The van der Waals surface area contributed by atoms with Crippen LogP contribution in [0.5, 0.6) is 11.8 Å². The summed E-state index contributed by atoms with van der Waals surface area (Å²) in [5.41, 5.74) is 2.65. The number of aromatic nitrogens is 3. The fraction of sp³-hybridized carbons (Fsp3) is 0.348. The fourth-order valence-corrected chi connectivity index (χ4v) is 3.94. The van der Waals surface area contributed by atoms with Crippen molar-refractivity contribution in [1.82, 2.24) is 19.9 Å². The van der Waals surface area contributed by atoms with Crippen molar-refractivity contribution in [3.63, 3.8) is 0 Å². The standard InChI is InChI=1S/C23H25FN6O2/c1-14-10-16-4-5-18(21(24)17(16)11-14)32-23-27-19(26-22-25-13-15(2)31-22)12-20(28-23)30-8-6-29(3)7-9-30/h4-5,11-13H,6-10H2,1-3H3,(H,25,26,27,28). The molecule has 3 heterocycles. The third-order valence-electron chi connectivity index (χ3n) is 5.67. The Bertz CT molecular complexity index is 1180. The first-order valence-electron chi connectivity index (χ1n) is 10.6. The number of nitrogens with one attached hydrogen (secondary N) is 1. The Hall–Kier alpha value is -3.46. The highest BCUT2D eigenvalue weighted by Crippen LogP contribution is 2.34. The van der Waals surface area contributed by atoms with E-state index in [9.17, 15) is 0 Å². The summed E-state index contributed by atoms with van der Waals surface area (Å²) in [7, 11) is 2.09. The van der Waals surface area contributed by atoms with Gasteiger partial charge in [0.25, 0.3) is 6.01 Å². The number of likely N-dealkylation sites (N-methyl/N-ethyl adjacent to an activating group) is 1. The average molecular weight is 436 g/mol. The summed E-state index contributed by atoms with van der Waals surface area (Å²) in [4.78, 5) is 17.6. The number of oxazole rings is 1. The fourth-order valence-electron chi connectivity index (χ4n) is 3.94. The number of rotatable bonds is 5. The molecule has 2 aromatic heterocycles. The van der Waals surface area contributed by atoms with E-state index in [1.54, 1.807) is 12.3 Å². The number of ether oxygens (including phenoxy) is 1. The zero-order chi connectivity index (χ0) is 22.2. The molecule has 0 amide bonds. The number of anilines is 3. The number of hydrogen-bond acceptors (Lipinski definition) is 8. The molecular formula is C23H25FN6O2. The highest BCUT2D eigenvalue weighted by molar-refractivity contribution is 5.66. The molecule has 1 N–H and O–H groups in total. The quantitative estimate of drug-likeness (QED) is 0.639. The van der Waals surface area contributed by atoms with Crippen molar-refractivity contribution >= 4 is 23.7 Å². The molecular weight excluding hydrogens is 411 g/mol. The van der Waals surface area contributed by atoms with Crippen LogP contribution in [0, 0.1) is 12.7 Å². The average Bonchev–Trinajstić information content (AvgIpc) is 3.35. The van der Waals surface area contributed by atoms with Gasteiger partial charge in [-0.2, -0.15) is 9.97 Å². The molecule has 9 heteroatoms. The minimum absolute atomic E-state index is 0.0600. The molecule has 1 fully saturated rings. The van der Waals surface area contributed by atoms with E-state index in [0.717, 1.165) is 43.7 Å². The van der Waals surface area contributed by atoms with Crippen molar-refractivity contribution in [2.24, 2.45) is 0 Å². The molecule has 2 aliphatic rings. The van der Waals surface area contributed by atoms with Crippen LogP contribution in [0.15, 0.2) is 34.4 Å². The van der Waals surface area contributed by atoms with E-state index in [1.807, 2.05) is 32.1 Å². The van der Waals surface area contributed by atoms with Crippen molar-refractivity contribution < 1.29 is 13.5 Å². The first-order valence-corrected chi connectivity index (χ1v) is 10.6. The maximum Gasteiger partial charge on any atom is 0.326 e. The SMILES string of the molecule is CC1=Cc2c(ccc(Oc3nc(Nc4ncc(C)o4)cc(N4CCN(C)CC4)n3)c2F)C1. The molecule has 166 valence electrons. The predicted octanol–water partition coefficient (Wildman–Crippen LogP) is 4.16. The summed E-state index contributed by atoms with van der Waals surface area (Å²) in [6, 6.07) is 5.73. The largest absolute Gasteiger partial charge is 0.429 e. The second-order valence-corrected chi connectivity index (χ2v) is 8.31. The van der Waals surface area contributed by atoms with E-state index in [0.29, 0.717) is 29.0 Å². The second kappa shape index (κ2) is 8.23. The van der Waals surface area contributed by atoms with E-state index in [-0.39, 0.29) is 11.8 Å². The summed E-state index contributed by atoms with van der Waals surface area (Å²) >= 11 is 0. The van der Waals surface area contributed by atoms with Gasteiger partial charge in [-0.25, -0.2) is 9.37 Å². The molecule has 5 rings (SSSR count). The Kier molecular flexibility index (Phi) is 5.26. The van der Waals surface area contributed by atoms with Gasteiger partial charge in [-0.15, -0.1) is 0 Å². The highest BCUT2D eigenvalue weighted by atomic mass is 19.1. The summed E-state index contributed by atoms with van der Waals surface area (Å²) in [6.45, 7) is 7.30. The summed E-state index contributed by atoms with van der Waals surface area (Å²) in [6.07, 6.45) is 4.24. The number of aryl methyl sites for hydroxylation is 1. The van der Waals surface area contributed by atoms with Gasteiger partial charge in [0.1, 0.15) is 17.4 Å². The lowest BCUT2D eigenvalue weighted by Crippen LogP contribution is -2.44. The van der Waals surface area contributed by atoms with E-state index in [1.165, 1.54) is 0 Å². The number of fused-ring (bicyclic) bond motifs is 1. The Morgan fingerprint density at radius 3 is 2.69 bits per heavy atom. The van der Waals surface area contributed by atoms with Crippen LogP contribution in [-0.2, 0) is 6.42 Å². The summed E-state index contributed by atoms with van der Waals surface area (Å²) < 4.78 is 26.5. The van der Waals surface area contributed by atoms with Crippen LogP contribution in [0.25, 0.3) is 6.08 Å². The topological polar surface area (TPSA) is 79.5 Å². The van der Waals surface area contributed by atoms with Crippen LogP contribution in [0.3, 0.4) is 0 Å². The van der Waals surface area contributed by atoms with Crippen molar-refractivity contribution in [1.29, 1.82) is 0 Å². The normalized spacial score (nSPS) is 16.1. The Balaban J connectivity index is 1.47. The lowest BCUT2D eigenvalue weighted by Gasteiger charge is -2.33. The number of allylic oxidation sites excluding steroid dienone is 1. The van der Waals surface area contributed by atoms with Crippen molar-refractivity contribution in [2.45, 2.75) is 20.3 Å². The number of piperazine rings is 1. The van der Waals surface area contributed by atoms with Gasteiger partial charge >= 0.3 is 6.01 Å². The Morgan fingerprint density at radius 1 is 1.12 bits per heavy atom. The van der Waals surface area contributed by atoms with Gasteiger partial charge in [-0.05, 0) is 38.9 Å². The summed E-state index contributed by atoms with van der Waals surface area (Å²) in [5.74, 6) is 1.55. The van der Waals surface area contributed by atoms with Crippen molar-refractivity contribution in [2.75, 3.05) is 43.4 Å². The van der Waals surface area contributed by atoms with E-state index in [4.69, 9.17) is 9.15 Å². The molecule has 0 unspecified atom stereocenters. The first-order chi connectivity index (χ1) is 15.4. The minimum Gasteiger partial charge on any atom is -0.429 e. The second-order valence-electron chi connectivity index (χ2n) is 8.31. The third kappa shape index (κ3) is 4.16. The molecule has 1 saturated heterocycles. The molecule has 0 radical (unpaired) electrons. The van der Waals surface area contributed by atoms with Crippen LogP contribution in [0.2, 0.25) is 0 Å². The third-order valence-corrected chi connectivity index (χ3v) is 5.67. The van der Waals surface area contributed by atoms with E-state index >= 15 is 4.39 Å². The van der Waals surface area contributed by atoms with Crippen LogP contribution in [0.4, 0.5) is 22.0 Å². The van der Waals surface area contributed by atoms with E-state index < -0.39 is 5.82 Å². The molecule has 1 aromatic carbocycles. The van der Waals surface area contributed by atoms with Crippen LogP contribution in [-0.4, -0.2) is 53.1 Å². The number of hydrogen-bond donors (Lipinski definition) is 1. The molecule has 8 nitrogen and oxygen atoms in total. The molecule has 32 heavy (non-hydrogen) atoms. The molecule has 0 atom stereocenters. The van der Waals surface area contributed by atoms with Crippen LogP contribution < -0.4 is 15.0 Å². The number of nitrogens with zero attached hydrogens (tertiary/aromatic N) is 5. The maximum atomic E-state index is 15.1. The molecule has 0 bridgehead atoms. The van der Waals surface area contributed by atoms with Gasteiger partial charge in [-0.1, -0.05) is 17.7 Å². The summed E-state index contributed by atoms with van der Waals surface area (Å²) in [5, 5.41) is 3.05. The Morgan fingerprint density at radius 2 is 1.94 bits per heavy atom. The predicted molar refractivity (Wildman–Crippen MR) is 120 cm³/mol. The highest BCUT2D eigenvalue weighted by Gasteiger charge is 2.21. The molecule has 1 aliphatic heterocycles.